The third-order valence-corrected chi connectivity index (χ3v) is 3.84. The Balaban J connectivity index is 2.66. The maximum atomic E-state index is 12.0. The number of aryl methyl sites for hydroxylation is 1. The van der Waals surface area contributed by atoms with Crippen molar-refractivity contribution in [2.45, 2.75) is 31.7 Å². The molecule has 0 aromatic heterocycles. The van der Waals surface area contributed by atoms with Crippen LogP contribution in [0.5, 0.6) is 0 Å². The van der Waals surface area contributed by atoms with E-state index in [0.29, 0.717) is 5.56 Å². The van der Waals surface area contributed by atoms with E-state index in [2.05, 4.69) is 24.9 Å². The molecule has 0 aliphatic carbocycles. The van der Waals surface area contributed by atoms with Crippen molar-refractivity contribution in [3.8, 4) is 0 Å². The topological polar surface area (TPSA) is 29.1 Å². The van der Waals surface area contributed by atoms with Gasteiger partial charge in [-0.3, -0.25) is 4.79 Å². The molecule has 0 aliphatic heterocycles. The van der Waals surface area contributed by atoms with Crippen molar-refractivity contribution in [3.05, 3.63) is 29.3 Å². The summed E-state index contributed by atoms with van der Waals surface area (Å²) in [6.07, 6.45) is 0. The average Bonchev–Trinajstić information content (AvgIpc) is 2.29. The SMILES string of the molecule is CCSCC(C)NC(=O)c1cc(S)ccc1C. The van der Waals surface area contributed by atoms with Crippen molar-refractivity contribution >= 4 is 30.3 Å². The van der Waals surface area contributed by atoms with Gasteiger partial charge >= 0.3 is 0 Å². The Labute approximate surface area is 113 Å². The van der Waals surface area contributed by atoms with Crippen molar-refractivity contribution in [1.29, 1.82) is 0 Å². The number of rotatable bonds is 5. The van der Waals surface area contributed by atoms with E-state index in [9.17, 15) is 4.79 Å². The van der Waals surface area contributed by atoms with E-state index in [1.807, 2.05) is 43.8 Å². The number of amides is 1. The lowest BCUT2D eigenvalue weighted by atomic mass is 10.1. The van der Waals surface area contributed by atoms with Crippen molar-refractivity contribution in [2.24, 2.45) is 0 Å². The second-order valence-corrected chi connectivity index (χ2v) is 5.87. The first-order valence-corrected chi connectivity index (χ1v) is 7.33. The molecule has 0 saturated heterocycles. The summed E-state index contributed by atoms with van der Waals surface area (Å²) in [7, 11) is 0. The average molecular weight is 269 g/mol. The Morgan fingerprint density at radius 3 is 2.88 bits per heavy atom. The summed E-state index contributed by atoms with van der Waals surface area (Å²) in [5.74, 6) is 2.01. The summed E-state index contributed by atoms with van der Waals surface area (Å²) in [6.45, 7) is 6.09. The molecule has 0 saturated carbocycles. The van der Waals surface area contributed by atoms with Gasteiger partial charge in [0.15, 0.2) is 0 Å². The van der Waals surface area contributed by atoms with E-state index >= 15 is 0 Å². The third kappa shape index (κ3) is 4.64. The molecule has 94 valence electrons. The molecule has 1 rings (SSSR count). The van der Waals surface area contributed by atoms with E-state index in [-0.39, 0.29) is 11.9 Å². The zero-order valence-electron chi connectivity index (χ0n) is 10.5. The fourth-order valence-corrected chi connectivity index (χ4v) is 2.37. The van der Waals surface area contributed by atoms with Crippen LogP contribution in [0.25, 0.3) is 0 Å². The standard InChI is InChI=1S/C13H19NOS2/c1-4-17-8-10(3)14-13(15)12-7-11(16)6-5-9(12)2/h5-7,10,16H,4,8H2,1-3H3,(H,14,15). The minimum absolute atomic E-state index is 0.0115. The minimum atomic E-state index is -0.0115. The zero-order chi connectivity index (χ0) is 12.8. The Bertz CT molecular complexity index is 393. The number of hydrogen-bond donors (Lipinski definition) is 2. The minimum Gasteiger partial charge on any atom is -0.349 e. The largest absolute Gasteiger partial charge is 0.349 e. The fourth-order valence-electron chi connectivity index (χ4n) is 1.49. The highest BCUT2D eigenvalue weighted by Crippen LogP contribution is 2.14. The van der Waals surface area contributed by atoms with E-state index in [4.69, 9.17) is 0 Å². The highest BCUT2D eigenvalue weighted by Gasteiger charge is 2.12. The van der Waals surface area contributed by atoms with Crippen molar-refractivity contribution < 1.29 is 4.79 Å². The maximum Gasteiger partial charge on any atom is 0.251 e. The molecule has 0 bridgehead atoms. The number of carbonyl (C=O) groups is 1. The third-order valence-electron chi connectivity index (χ3n) is 2.42. The van der Waals surface area contributed by atoms with Gasteiger partial charge in [-0.15, -0.1) is 12.6 Å². The van der Waals surface area contributed by atoms with E-state index in [1.54, 1.807) is 0 Å². The maximum absolute atomic E-state index is 12.0. The van der Waals surface area contributed by atoms with E-state index in [0.717, 1.165) is 22.0 Å². The molecule has 2 nitrogen and oxygen atoms in total. The predicted molar refractivity (Wildman–Crippen MR) is 78.4 cm³/mol. The second kappa shape index (κ2) is 6.97. The van der Waals surface area contributed by atoms with Crippen LogP contribution in [0.2, 0.25) is 0 Å². The number of thioether (sulfide) groups is 1. The first-order chi connectivity index (χ1) is 8.04. The summed E-state index contributed by atoms with van der Waals surface area (Å²) in [6, 6.07) is 5.82. The van der Waals surface area contributed by atoms with Gasteiger partial charge in [0.1, 0.15) is 0 Å². The van der Waals surface area contributed by atoms with Gasteiger partial charge in [-0.05, 0) is 37.3 Å². The van der Waals surface area contributed by atoms with E-state index < -0.39 is 0 Å². The molecule has 0 spiro atoms. The van der Waals surface area contributed by atoms with E-state index in [1.165, 1.54) is 0 Å². The molecule has 0 radical (unpaired) electrons. The van der Waals surface area contributed by atoms with Gasteiger partial charge in [-0.1, -0.05) is 13.0 Å². The molecule has 0 fully saturated rings. The highest BCUT2D eigenvalue weighted by molar-refractivity contribution is 7.99. The Morgan fingerprint density at radius 1 is 1.53 bits per heavy atom. The van der Waals surface area contributed by atoms with Gasteiger partial charge in [0.2, 0.25) is 0 Å². The number of thiol groups is 1. The second-order valence-electron chi connectivity index (χ2n) is 4.03. The van der Waals surface area contributed by atoms with Crippen LogP contribution in [0.1, 0.15) is 29.8 Å². The molecule has 1 unspecified atom stereocenters. The van der Waals surface area contributed by atoms with Gasteiger partial charge in [-0.25, -0.2) is 0 Å². The van der Waals surface area contributed by atoms with Gasteiger partial charge in [0, 0.05) is 22.3 Å². The quantitative estimate of drug-likeness (QED) is 0.804. The van der Waals surface area contributed by atoms with Crippen LogP contribution in [-0.2, 0) is 0 Å². The Kier molecular flexibility index (Phi) is 5.92. The molecular formula is C13H19NOS2. The molecule has 0 heterocycles. The smallest absolute Gasteiger partial charge is 0.251 e. The first kappa shape index (κ1) is 14.5. The number of nitrogens with one attached hydrogen (secondary N) is 1. The number of benzene rings is 1. The van der Waals surface area contributed by atoms with Crippen LogP contribution in [0.4, 0.5) is 0 Å². The van der Waals surface area contributed by atoms with Gasteiger partial charge < -0.3 is 5.32 Å². The lowest BCUT2D eigenvalue weighted by molar-refractivity contribution is 0.0943. The van der Waals surface area contributed by atoms with Crippen LogP contribution in [0.15, 0.2) is 23.1 Å². The Hall–Kier alpha value is -0.610. The monoisotopic (exact) mass is 269 g/mol. The lowest BCUT2D eigenvalue weighted by Crippen LogP contribution is -2.34. The molecule has 0 aliphatic rings. The molecule has 1 atom stereocenters. The molecule has 1 amide bonds. The summed E-state index contributed by atoms with van der Waals surface area (Å²) < 4.78 is 0. The summed E-state index contributed by atoms with van der Waals surface area (Å²) in [5.41, 5.74) is 1.70. The van der Waals surface area contributed by atoms with Crippen LogP contribution in [0, 0.1) is 6.92 Å². The van der Waals surface area contributed by atoms with Gasteiger partial charge in [-0.2, -0.15) is 11.8 Å². The van der Waals surface area contributed by atoms with Crippen LogP contribution in [0.3, 0.4) is 0 Å². The summed E-state index contributed by atoms with van der Waals surface area (Å²) >= 11 is 6.09. The molecule has 1 N–H and O–H groups in total. The van der Waals surface area contributed by atoms with Crippen LogP contribution in [-0.4, -0.2) is 23.5 Å². The fraction of sp³-hybridized carbons (Fsp3) is 0.462. The Morgan fingerprint density at radius 2 is 2.24 bits per heavy atom. The number of hydrogen-bond acceptors (Lipinski definition) is 3. The molecular weight excluding hydrogens is 250 g/mol. The normalized spacial score (nSPS) is 12.2. The van der Waals surface area contributed by atoms with Gasteiger partial charge in [0.05, 0.1) is 0 Å². The molecule has 17 heavy (non-hydrogen) atoms. The molecule has 1 aromatic carbocycles. The first-order valence-electron chi connectivity index (χ1n) is 5.72. The van der Waals surface area contributed by atoms with Gasteiger partial charge in [0.25, 0.3) is 5.91 Å². The highest BCUT2D eigenvalue weighted by atomic mass is 32.2. The van der Waals surface area contributed by atoms with Crippen molar-refractivity contribution in [3.63, 3.8) is 0 Å². The van der Waals surface area contributed by atoms with Crippen molar-refractivity contribution in [1.82, 2.24) is 5.32 Å². The summed E-state index contributed by atoms with van der Waals surface area (Å²) in [4.78, 5) is 12.9. The zero-order valence-corrected chi connectivity index (χ0v) is 12.2. The molecule has 4 heteroatoms. The number of carbonyl (C=O) groups excluding carboxylic acids is 1. The van der Waals surface area contributed by atoms with Crippen LogP contribution >= 0.6 is 24.4 Å². The summed E-state index contributed by atoms with van der Waals surface area (Å²) in [5, 5.41) is 3.01. The van der Waals surface area contributed by atoms with Crippen molar-refractivity contribution in [2.75, 3.05) is 11.5 Å². The van der Waals surface area contributed by atoms with Crippen LogP contribution < -0.4 is 5.32 Å². The lowest BCUT2D eigenvalue weighted by Gasteiger charge is -2.14. The molecule has 1 aromatic rings. The predicted octanol–water partition coefficient (Wildman–Crippen LogP) is 3.16.